The summed E-state index contributed by atoms with van der Waals surface area (Å²) in [6, 6.07) is 10.0. The van der Waals surface area contributed by atoms with E-state index >= 15 is 0 Å². The monoisotopic (exact) mass is 294 g/mol. The van der Waals surface area contributed by atoms with E-state index in [1.54, 1.807) is 0 Å². The molecule has 0 fully saturated rings. The molecule has 3 nitrogen and oxygen atoms in total. The zero-order valence-corrected chi connectivity index (χ0v) is 11.4. The fourth-order valence-corrected chi connectivity index (χ4v) is 1.76. The minimum Gasteiger partial charge on any atom is -0.299 e. The fraction of sp³-hybridized carbons (Fsp3) is 0.385. The zero-order chi connectivity index (χ0) is 12.7. The zero-order valence-electron chi connectivity index (χ0n) is 9.82. The lowest BCUT2D eigenvalue weighted by Crippen LogP contribution is -2.27. The van der Waals surface area contributed by atoms with E-state index in [1.807, 2.05) is 30.1 Å². The lowest BCUT2D eigenvalue weighted by atomic mass is 10.1. The first-order chi connectivity index (χ1) is 8.11. The van der Waals surface area contributed by atoms with E-state index in [2.05, 4.69) is 28.1 Å². The predicted octanol–water partition coefficient (Wildman–Crippen LogP) is 2.41. The van der Waals surface area contributed by atoms with Gasteiger partial charge in [0.25, 0.3) is 0 Å². The lowest BCUT2D eigenvalue weighted by Gasteiger charge is -2.14. The highest BCUT2D eigenvalue weighted by atomic mass is 79.9. The number of ketones is 1. The van der Waals surface area contributed by atoms with Crippen LogP contribution in [0.25, 0.3) is 0 Å². The van der Waals surface area contributed by atoms with Crippen LogP contribution in [-0.2, 0) is 11.2 Å². The highest BCUT2D eigenvalue weighted by molar-refractivity contribution is 9.10. The molecule has 0 saturated carbocycles. The molecule has 0 radical (unpaired) electrons. The van der Waals surface area contributed by atoms with Gasteiger partial charge in [0.05, 0.1) is 19.0 Å². The van der Waals surface area contributed by atoms with Gasteiger partial charge in [-0.25, -0.2) is 0 Å². The molecule has 0 aliphatic carbocycles. The van der Waals surface area contributed by atoms with E-state index in [0.717, 1.165) is 17.4 Å². The second-order valence-electron chi connectivity index (χ2n) is 3.99. The highest BCUT2D eigenvalue weighted by Crippen LogP contribution is 2.11. The average molecular weight is 295 g/mol. The quantitative estimate of drug-likeness (QED) is 0.809. The van der Waals surface area contributed by atoms with Crippen LogP contribution in [0.4, 0.5) is 0 Å². The molecule has 0 amide bonds. The van der Waals surface area contributed by atoms with Crippen molar-refractivity contribution in [3.8, 4) is 6.07 Å². The standard InChI is InChI=1S/C13H15BrN2O/c1-16(10-13(17)6-8-15)9-7-11-2-4-12(14)5-3-11/h2-5H,6-7,9-10H2,1H3. The van der Waals surface area contributed by atoms with Crippen molar-refractivity contribution in [3.05, 3.63) is 34.3 Å². The van der Waals surface area contributed by atoms with E-state index in [1.165, 1.54) is 5.56 Å². The molecule has 4 heteroatoms. The van der Waals surface area contributed by atoms with Gasteiger partial charge in [0.1, 0.15) is 0 Å². The fourth-order valence-electron chi connectivity index (χ4n) is 1.50. The Labute approximate surface area is 110 Å². The van der Waals surface area contributed by atoms with Gasteiger partial charge < -0.3 is 0 Å². The highest BCUT2D eigenvalue weighted by Gasteiger charge is 2.05. The summed E-state index contributed by atoms with van der Waals surface area (Å²) in [5, 5.41) is 8.39. The predicted molar refractivity (Wildman–Crippen MR) is 70.6 cm³/mol. The summed E-state index contributed by atoms with van der Waals surface area (Å²) in [5.41, 5.74) is 1.24. The maximum Gasteiger partial charge on any atom is 0.160 e. The number of carbonyl (C=O) groups excluding carboxylic acids is 1. The van der Waals surface area contributed by atoms with Crippen molar-refractivity contribution in [2.75, 3.05) is 20.1 Å². The number of Topliss-reactive ketones (excluding diaryl/α,β-unsaturated/α-hetero) is 1. The van der Waals surface area contributed by atoms with Crippen molar-refractivity contribution >= 4 is 21.7 Å². The molecule has 0 atom stereocenters. The molecule has 0 saturated heterocycles. The molecular formula is C13H15BrN2O. The summed E-state index contributed by atoms with van der Waals surface area (Å²) in [6.07, 6.45) is 0.909. The van der Waals surface area contributed by atoms with Gasteiger partial charge in [-0.2, -0.15) is 5.26 Å². The number of benzene rings is 1. The first-order valence-electron chi connectivity index (χ1n) is 5.43. The van der Waals surface area contributed by atoms with Crippen molar-refractivity contribution in [2.24, 2.45) is 0 Å². The van der Waals surface area contributed by atoms with Crippen molar-refractivity contribution < 1.29 is 4.79 Å². The molecule has 0 unspecified atom stereocenters. The third kappa shape index (κ3) is 5.62. The Morgan fingerprint density at radius 2 is 2.06 bits per heavy atom. The minimum atomic E-state index is -0.0224. The number of carbonyl (C=O) groups is 1. The molecule has 1 aromatic rings. The topological polar surface area (TPSA) is 44.1 Å². The smallest absolute Gasteiger partial charge is 0.160 e. The maximum atomic E-state index is 11.2. The van der Waals surface area contributed by atoms with E-state index in [-0.39, 0.29) is 12.2 Å². The Bertz CT molecular complexity index is 408. The largest absolute Gasteiger partial charge is 0.299 e. The number of nitriles is 1. The van der Waals surface area contributed by atoms with Crippen LogP contribution >= 0.6 is 15.9 Å². The van der Waals surface area contributed by atoms with Gasteiger partial charge in [0.15, 0.2) is 5.78 Å². The molecular weight excluding hydrogens is 280 g/mol. The van der Waals surface area contributed by atoms with Gasteiger partial charge in [-0.15, -0.1) is 0 Å². The Morgan fingerprint density at radius 1 is 1.41 bits per heavy atom. The van der Waals surface area contributed by atoms with E-state index < -0.39 is 0 Å². The molecule has 17 heavy (non-hydrogen) atoms. The second-order valence-corrected chi connectivity index (χ2v) is 4.90. The van der Waals surface area contributed by atoms with E-state index in [0.29, 0.717) is 6.54 Å². The molecule has 0 bridgehead atoms. The van der Waals surface area contributed by atoms with Crippen molar-refractivity contribution in [3.63, 3.8) is 0 Å². The van der Waals surface area contributed by atoms with Gasteiger partial charge in [0, 0.05) is 11.0 Å². The third-order valence-electron chi connectivity index (χ3n) is 2.42. The molecule has 0 spiro atoms. The summed E-state index contributed by atoms with van der Waals surface area (Å²) in [5.74, 6) is -0.0224. The number of nitrogens with zero attached hydrogens (tertiary/aromatic N) is 2. The SMILES string of the molecule is CN(CCc1ccc(Br)cc1)CC(=O)CC#N. The van der Waals surface area contributed by atoms with Gasteiger partial charge in [0.2, 0.25) is 0 Å². The Kier molecular flexibility index (Phi) is 5.88. The summed E-state index contributed by atoms with van der Waals surface area (Å²) in [7, 11) is 1.90. The minimum absolute atomic E-state index is 0.00260. The summed E-state index contributed by atoms with van der Waals surface area (Å²) in [6.45, 7) is 1.17. The maximum absolute atomic E-state index is 11.2. The first-order valence-corrected chi connectivity index (χ1v) is 6.22. The average Bonchev–Trinajstić information content (AvgIpc) is 2.28. The molecule has 0 aliphatic heterocycles. The summed E-state index contributed by atoms with van der Waals surface area (Å²) >= 11 is 3.39. The Morgan fingerprint density at radius 3 is 2.65 bits per heavy atom. The van der Waals surface area contributed by atoms with Crippen LogP contribution in [0, 0.1) is 11.3 Å². The molecule has 0 heterocycles. The number of halogens is 1. The molecule has 0 aromatic heterocycles. The number of likely N-dealkylation sites (N-methyl/N-ethyl adjacent to an activating group) is 1. The van der Waals surface area contributed by atoms with E-state index in [4.69, 9.17) is 5.26 Å². The van der Waals surface area contributed by atoms with Gasteiger partial charge in [-0.1, -0.05) is 28.1 Å². The molecule has 1 rings (SSSR count). The van der Waals surface area contributed by atoms with Crippen LogP contribution < -0.4 is 0 Å². The number of hydrogen-bond donors (Lipinski definition) is 0. The Balaban J connectivity index is 2.33. The molecule has 1 aromatic carbocycles. The second kappa shape index (κ2) is 7.21. The van der Waals surface area contributed by atoms with Crippen molar-refractivity contribution in [2.45, 2.75) is 12.8 Å². The first kappa shape index (κ1) is 13.9. The van der Waals surface area contributed by atoms with Crippen LogP contribution in [0.15, 0.2) is 28.7 Å². The summed E-state index contributed by atoms with van der Waals surface area (Å²) < 4.78 is 1.07. The lowest BCUT2D eigenvalue weighted by molar-refractivity contribution is -0.118. The summed E-state index contributed by atoms with van der Waals surface area (Å²) in [4.78, 5) is 13.2. The van der Waals surface area contributed by atoms with Gasteiger partial charge in [-0.3, -0.25) is 9.69 Å². The van der Waals surface area contributed by atoms with Crippen LogP contribution in [0.5, 0.6) is 0 Å². The van der Waals surface area contributed by atoms with Crippen LogP contribution in [-0.4, -0.2) is 30.8 Å². The van der Waals surface area contributed by atoms with Crippen LogP contribution in [0.2, 0.25) is 0 Å². The van der Waals surface area contributed by atoms with E-state index in [9.17, 15) is 4.79 Å². The molecule has 0 N–H and O–H groups in total. The van der Waals surface area contributed by atoms with Gasteiger partial charge in [-0.05, 0) is 31.2 Å². The van der Waals surface area contributed by atoms with Gasteiger partial charge >= 0.3 is 0 Å². The Hall–Kier alpha value is -1.18. The van der Waals surface area contributed by atoms with Crippen molar-refractivity contribution in [1.29, 1.82) is 5.26 Å². The van der Waals surface area contributed by atoms with Crippen LogP contribution in [0.1, 0.15) is 12.0 Å². The number of hydrogen-bond acceptors (Lipinski definition) is 3. The van der Waals surface area contributed by atoms with Crippen molar-refractivity contribution in [1.82, 2.24) is 4.90 Å². The third-order valence-corrected chi connectivity index (χ3v) is 2.95. The number of rotatable bonds is 6. The van der Waals surface area contributed by atoms with Crippen LogP contribution in [0.3, 0.4) is 0 Å². The molecule has 90 valence electrons. The normalized spacial score (nSPS) is 10.2. The molecule has 0 aliphatic rings.